The van der Waals surface area contributed by atoms with Crippen LogP contribution in [0.2, 0.25) is 0 Å². The highest BCUT2D eigenvalue weighted by molar-refractivity contribution is 5.93. The Bertz CT molecular complexity index is 480. The molecule has 1 atom stereocenters. The van der Waals surface area contributed by atoms with Gasteiger partial charge in [0.1, 0.15) is 5.54 Å². The first-order valence-corrected chi connectivity index (χ1v) is 6.06. The van der Waals surface area contributed by atoms with Crippen molar-refractivity contribution in [1.82, 2.24) is 20.1 Å². The molecule has 1 aliphatic rings. The molecule has 1 fully saturated rings. The fourth-order valence-corrected chi connectivity index (χ4v) is 2.38. The summed E-state index contributed by atoms with van der Waals surface area (Å²) >= 11 is 0. The Morgan fingerprint density at radius 3 is 2.89 bits per heavy atom. The van der Waals surface area contributed by atoms with Crippen LogP contribution in [0.4, 0.5) is 10.7 Å². The fourth-order valence-electron chi connectivity index (χ4n) is 2.38. The zero-order chi connectivity index (χ0) is 13.9. The first kappa shape index (κ1) is 13.2. The van der Waals surface area contributed by atoms with Crippen molar-refractivity contribution in [2.75, 3.05) is 11.9 Å². The van der Waals surface area contributed by atoms with Crippen LogP contribution in [0.3, 0.4) is 0 Å². The molecule has 2 N–H and O–H groups in total. The summed E-state index contributed by atoms with van der Waals surface area (Å²) in [6.45, 7) is 2.17. The minimum Gasteiger partial charge on any atom is -0.479 e. The quantitative estimate of drug-likeness (QED) is 0.834. The van der Waals surface area contributed by atoms with Crippen molar-refractivity contribution >= 4 is 17.9 Å². The van der Waals surface area contributed by atoms with Gasteiger partial charge in [0.25, 0.3) is 5.95 Å². The molecule has 1 aromatic rings. The molecule has 1 unspecified atom stereocenters. The van der Waals surface area contributed by atoms with Crippen LogP contribution in [0.1, 0.15) is 26.2 Å². The minimum atomic E-state index is -1.13. The molecule has 2 heterocycles. The van der Waals surface area contributed by atoms with E-state index in [0.29, 0.717) is 25.8 Å². The molecule has 2 rings (SSSR count). The predicted octanol–water partition coefficient (Wildman–Crippen LogP) is 0.733. The van der Waals surface area contributed by atoms with Gasteiger partial charge in [-0.15, -0.1) is 5.10 Å². The van der Waals surface area contributed by atoms with Crippen LogP contribution >= 0.6 is 0 Å². The van der Waals surface area contributed by atoms with Gasteiger partial charge in [-0.3, -0.25) is 5.32 Å². The lowest BCUT2D eigenvalue weighted by atomic mass is 9.93. The summed E-state index contributed by atoms with van der Waals surface area (Å²) in [6.07, 6.45) is 4.28. The molecule has 0 aliphatic carbocycles. The van der Waals surface area contributed by atoms with Gasteiger partial charge in [0.05, 0.1) is 12.4 Å². The second kappa shape index (κ2) is 5.17. The van der Waals surface area contributed by atoms with Crippen molar-refractivity contribution in [2.45, 2.75) is 31.7 Å². The second-order valence-electron chi connectivity index (χ2n) is 4.34. The van der Waals surface area contributed by atoms with Gasteiger partial charge in [-0.25, -0.2) is 14.6 Å². The highest BCUT2D eigenvalue weighted by Crippen LogP contribution is 2.33. The number of nitrogens with one attached hydrogen (secondary N) is 1. The Morgan fingerprint density at radius 1 is 1.53 bits per heavy atom. The van der Waals surface area contributed by atoms with Crippen LogP contribution in [0.15, 0.2) is 12.4 Å². The van der Waals surface area contributed by atoms with E-state index in [-0.39, 0.29) is 5.95 Å². The number of carbonyl (C=O) groups excluding carboxylic acids is 1. The van der Waals surface area contributed by atoms with Crippen LogP contribution < -0.4 is 5.32 Å². The molecule has 0 aromatic carbocycles. The Kier molecular flexibility index (Phi) is 3.59. The van der Waals surface area contributed by atoms with E-state index in [1.54, 1.807) is 6.92 Å². The Morgan fingerprint density at radius 2 is 2.32 bits per heavy atom. The number of hydrogen-bond acceptors (Lipinski definition) is 5. The second-order valence-corrected chi connectivity index (χ2v) is 4.34. The average molecular weight is 265 g/mol. The van der Waals surface area contributed by atoms with E-state index < -0.39 is 17.5 Å². The lowest BCUT2D eigenvalue weighted by molar-refractivity contribution is -0.148. The molecule has 8 nitrogen and oxygen atoms in total. The number of aromatic nitrogens is 3. The highest BCUT2D eigenvalue weighted by atomic mass is 16.4. The molecule has 0 saturated carbocycles. The number of urea groups is 1. The Balaban J connectivity index is 2.16. The van der Waals surface area contributed by atoms with Gasteiger partial charge in [-0.05, 0) is 19.3 Å². The number of nitrogens with zero attached hydrogens (tertiary/aromatic N) is 4. The van der Waals surface area contributed by atoms with Crippen LogP contribution in [-0.2, 0) is 4.79 Å². The van der Waals surface area contributed by atoms with Crippen molar-refractivity contribution in [3.8, 4) is 0 Å². The number of likely N-dealkylation sites (tertiary alicyclic amines) is 1. The minimum absolute atomic E-state index is 0.0646. The van der Waals surface area contributed by atoms with Crippen molar-refractivity contribution in [1.29, 1.82) is 0 Å². The Labute approximate surface area is 109 Å². The zero-order valence-electron chi connectivity index (χ0n) is 10.5. The van der Waals surface area contributed by atoms with Crippen molar-refractivity contribution in [3.05, 3.63) is 12.4 Å². The monoisotopic (exact) mass is 265 g/mol. The summed E-state index contributed by atoms with van der Waals surface area (Å²) in [5, 5.41) is 19.1. The fraction of sp³-hybridized carbons (Fsp3) is 0.545. The van der Waals surface area contributed by atoms with Gasteiger partial charge in [0.15, 0.2) is 0 Å². The van der Waals surface area contributed by atoms with Crippen LogP contribution in [0.25, 0.3) is 0 Å². The van der Waals surface area contributed by atoms with E-state index in [2.05, 4.69) is 20.5 Å². The molecule has 19 heavy (non-hydrogen) atoms. The largest absolute Gasteiger partial charge is 0.479 e. The number of carboxylic acid groups (broad SMARTS) is 1. The maximum Gasteiger partial charge on any atom is 0.329 e. The number of anilines is 1. The molecule has 1 aliphatic heterocycles. The van der Waals surface area contributed by atoms with Gasteiger partial charge >= 0.3 is 12.0 Å². The summed E-state index contributed by atoms with van der Waals surface area (Å²) in [4.78, 5) is 28.8. The van der Waals surface area contributed by atoms with Crippen LogP contribution in [0, 0.1) is 0 Å². The predicted molar refractivity (Wildman–Crippen MR) is 65.4 cm³/mol. The SMILES string of the molecule is CCC1(C(=O)O)CCCN1C(=O)Nc1nccnn1. The molecule has 0 bridgehead atoms. The zero-order valence-corrected chi connectivity index (χ0v) is 10.5. The van der Waals surface area contributed by atoms with E-state index in [4.69, 9.17) is 0 Å². The number of aliphatic carboxylic acids is 1. The number of hydrogen-bond donors (Lipinski definition) is 2. The molecular weight excluding hydrogens is 250 g/mol. The summed E-state index contributed by atoms with van der Waals surface area (Å²) in [5.41, 5.74) is -1.13. The van der Waals surface area contributed by atoms with E-state index in [1.165, 1.54) is 17.3 Å². The number of carbonyl (C=O) groups is 2. The first-order valence-electron chi connectivity index (χ1n) is 6.06. The summed E-state index contributed by atoms with van der Waals surface area (Å²) in [5.74, 6) is -0.912. The summed E-state index contributed by atoms with van der Waals surface area (Å²) in [7, 11) is 0. The van der Waals surface area contributed by atoms with Crippen molar-refractivity contribution < 1.29 is 14.7 Å². The smallest absolute Gasteiger partial charge is 0.329 e. The summed E-state index contributed by atoms with van der Waals surface area (Å²) < 4.78 is 0. The van der Waals surface area contributed by atoms with E-state index >= 15 is 0 Å². The molecular formula is C11H15N5O3. The van der Waals surface area contributed by atoms with E-state index in [9.17, 15) is 14.7 Å². The van der Waals surface area contributed by atoms with Gasteiger partial charge < -0.3 is 10.0 Å². The van der Waals surface area contributed by atoms with Gasteiger partial charge in [-0.2, -0.15) is 5.10 Å². The maximum atomic E-state index is 12.1. The number of carboxylic acids is 1. The molecule has 0 spiro atoms. The molecule has 102 valence electrons. The topological polar surface area (TPSA) is 108 Å². The third kappa shape index (κ3) is 2.33. The van der Waals surface area contributed by atoms with E-state index in [1.807, 2.05) is 0 Å². The Hall–Kier alpha value is -2.25. The lowest BCUT2D eigenvalue weighted by Gasteiger charge is -2.33. The van der Waals surface area contributed by atoms with Crippen molar-refractivity contribution in [3.63, 3.8) is 0 Å². The van der Waals surface area contributed by atoms with Crippen LogP contribution in [-0.4, -0.2) is 49.3 Å². The maximum absolute atomic E-state index is 12.1. The molecule has 1 aromatic heterocycles. The molecule has 2 amide bonds. The average Bonchev–Trinajstić information content (AvgIpc) is 2.85. The van der Waals surface area contributed by atoms with Crippen LogP contribution in [0.5, 0.6) is 0 Å². The number of amides is 2. The highest BCUT2D eigenvalue weighted by Gasteiger charge is 2.48. The normalized spacial score (nSPS) is 22.3. The van der Waals surface area contributed by atoms with Gasteiger partial charge in [0.2, 0.25) is 0 Å². The molecule has 1 saturated heterocycles. The third-order valence-corrected chi connectivity index (χ3v) is 3.42. The first-order chi connectivity index (χ1) is 9.10. The van der Waals surface area contributed by atoms with Crippen molar-refractivity contribution in [2.24, 2.45) is 0 Å². The van der Waals surface area contributed by atoms with Gasteiger partial charge in [-0.1, -0.05) is 6.92 Å². The standard InChI is InChI=1S/C11H15N5O3/c1-2-11(8(17)18)4-3-7-16(11)10(19)14-9-12-5-6-13-15-9/h5-6H,2-4,7H2,1H3,(H,17,18)(H,12,14,15,19). The number of rotatable bonds is 3. The van der Waals surface area contributed by atoms with Gasteiger partial charge in [0, 0.05) is 6.54 Å². The summed E-state index contributed by atoms with van der Waals surface area (Å²) in [6, 6.07) is -0.505. The molecule has 0 radical (unpaired) electrons. The lowest BCUT2D eigenvalue weighted by Crippen LogP contribution is -2.54. The third-order valence-electron chi connectivity index (χ3n) is 3.42. The molecule has 8 heteroatoms. The van der Waals surface area contributed by atoms with E-state index in [0.717, 1.165) is 0 Å².